The van der Waals surface area contributed by atoms with E-state index in [-0.39, 0.29) is 41.7 Å². The summed E-state index contributed by atoms with van der Waals surface area (Å²) in [5.41, 5.74) is 1.82. The molecular weight excluding hydrogens is 566 g/mol. The number of aryl methyl sites for hydroxylation is 1. The fourth-order valence-corrected chi connectivity index (χ4v) is 7.79. The Morgan fingerprint density at radius 1 is 0.976 bits per heavy atom. The number of hydrogen-bond acceptors (Lipinski definition) is 8. The summed E-state index contributed by atoms with van der Waals surface area (Å²) in [6.45, 7) is 1.88. The monoisotopic (exact) mass is 603 g/mol. The number of methoxy groups -OCH3 is 1. The van der Waals surface area contributed by atoms with E-state index in [0.717, 1.165) is 23.3 Å². The molecule has 0 bridgehead atoms. The SMILES string of the molecule is COSc1cccc(NC(=O)[C@H]2C3CC[C@H]3[C@H]2NC(=O)c2cc(OC3CCC(S(N)(=O)=O)CC3)c(C)cc2OC)c1. The van der Waals surface area contributed by atoms with Crippen molar-refractivity contribution in [3.63, 3.8) is 0 Å². The number of nitrogens with one attached hydrogen (secondary N) is 2. The molecule has 1 unspecified atom stereocenters. The van der Waals surface area contributed by atoms with Gasteiger partial charge in [0.2, 0.25) is 15.9 Å². The number of carbonyl (C=O) groups is 2. The van der Waals surface area contributed by atoms with Gasteiger partial charge in [-0.3, -0.25) is 9.59 Å². The van der Waals surface area contributed by atoms with Crippen molar-refractivity contribution in [2.75, 3.05) is 19.5 Å². The number of benzene rings is 2. The molecule has 4 atom stereocenters. The first-order valence-electron chi connectivity index (χ1n) is 13.9. The van der Waals surface area contributed by atoms with Crippen LogP contribution in [0.4, 0.5) is 5.69 Å². The predicted molar refractivity (Wildman–Crippen MR) is 156 cm³/mol. The average molecular weight is 604 g/mol. The van der Waals surface area contributed by atoms with Crippen molar-refractivity contribution in [1.82, 2.24) is 5.32 Å². The molecule has 3 aliphatic rings. The highest BCUT2D eigenvalue weighted by atomic mass is 32.2. The normalized spacial score (nSPS) is 27.0. The maximum absolute atomic E-state index is 13.6. The van der Waals surface area contributed by atoms with Gasteiger partial charge in [0.05, 0.1) is 37.1 Å². The summed E-state index contributed by atoms with van der Waals surface area (Å²) in [5.74, 6) is 0.741. The fourth-order valence-electron chi connectivity index (χ4n) is 6.35. The summed E-state index contributed by atoms with van der Waals surface area (Å²) >= 11 is 1.22. The Morgan fingerprint density at radius 2 is 1.71 bits per heavy atom. The molecule has 0 spiro atoms. The molecule has 2 aromatic rings. The summed E-state index contributed by atoms with van der Waals surface area (Å²) in [6, 6.07) is 10.6. The topological polar surface area (TPSA) is 146 Å². The Hall–Kier alpha value is -2.80. The number of fused-ring (bicyclic) bond motifs is 1. The predicted octanol–water partition coefficient (Wildman–Crippen LogP) is 4.03. The van der Waals surface area contributed by atoms with E-state index in [1.165, 1.54) is 19.2 Å². The Kier molecular flexibility index (Phi) is 8.84. The zero-order chi connectivity index (χ0) is 29.3. The number of nitrogens with two attached hydrogens (primary N) is 1. The molecule has 3 saturated carbocycles. The van der Waals surface area contributed by atoms with Gasteiger partial charge in [-0.15, -0.1) is 0 Å². The summed E-state index contributed by atoms with van der Waals surface area (Å²) in [6.07, 6.45) is 3.76. The molecule has 0 radical (unpaired) electrons. The van der Waals surface area contributed by atoms with Crippen molar-refractivity contribution >= 4 is 39.6 Å². The Morgan fingerprint density at radius 3 is 2.34 bits per heavy atom. The number of amides is 2. The van der Waals surface area contributed by atoms with Crippen LogP contribution in [0.1, 0.15) is 54.4 Å². The summed E-state index contributed by atoms with van der Waals surface area (Å²) in [5, 5.41) is 10.9. The number of sulfonamides is 1. The molecule has 0 aromatic heterocycles. The van der Waals surface area contributed by atoms with Gasteiger partial charge in [-0.25, -0.2) is 13.6 Å². The number of ether oxygens (including phenoxy) is 2. The van der Waals surface area contributed by atoms with Gasteiger partial charge in [0.1, 0.15) is 11.5 Å². The van der Waals surface area contributed by atoms with E-state index in [1.54, 1.807) is 19.2 Å². The van der Waals surface area contributed by atoms with Crippen LogP contribution in [0.5, 0.6) is 11.5 Å². The maximum Gasteiger partial charge on any atom is 0.255 e. The first-order valence-corrected chi connectivity index (χ1v) is 16.2. The van der Waals surface area contributed by atoms with Gasteiger partial charge in [0.15, 0.2) is 0 Å². The Bertz CT molecular complexity index is 1410. The molecule has 5 rings (SSSR count). The second-order valence-electron chi connectivity index (χ2n) is 11.1. The second kappa shape index (κ2) is 12.2. The standard InChI is InChI=1S/C29H37N3O7S2/c1-16-13-25(37-2)23(15-24(16)39-18-7-9-20(10-8-18)41(30,35)36)28(33)32-27-22-12-11-21(22)26(27)29(34)31-17-5-4-6-19(14-17)40-38-3/h4-6,13-15,18,20-22,26-27H,7-12H2,1-3H3,(H,31,34)(H,32,33)(H2,30,35,36)/t18?,20?,21?,22-,26+,27-/m1/s1. The smallest absolute Gasteiger partial charge is 0.255 e. The largest absolute Gasteiger partial charge is 0.496 e. The molecule has 12 heteroatoms. The number of hydrogen-bond donors (Lipinski definition) is 3. The second-order valence-corrected chi connectivity index (χ2v) is 13.9. The lowest BCUT2D eigenvalue weighted by atomic mass is 9.49. The molecule has 0 saturated heterocycles. The van der Waals surface area contributed by atoms with Crippen LogP contribution in [0, 0.1) is 24.7 Å². The fraction of sp³-hybridized carbons (Fsp3) is 0.517. The number of carbonyl (C=O) groups excluding carboxylic acids is 2. The van der Waals surface area contributed by atoms with E-state index in [1.807, 2.05) is 31.2 Å². The summed E-state index contributed by atoms with van der Waals surface area (Å²) in [7, 11) is -0.458. The number of primary sulfonamides is 1. The van der Waals surface area contributed by atoms with E-state index in [4.69, 9.17) is 18.8 Å². The van der Waals surface area contributed by atoms with E-state index in [0.29, 0.717) is 48.4 Å². The van der Waals surface area contributed by atoms with E-state index >= 15 is 0 Å². The van der Waals surface area contributed by atoms with Gasteiger partial charge in [0.25, 0.3) is 5.91 Å². The maximum atomic E-state index is 13.6. The molecule has 3 aliphatic carbocycles. The van der Waals surface area contributed by atoms with E-state index in [2.05, 4.69) is 10.6 Å². The van der Waals surface area contributed by atoms with Crippen LogP contribution in [0.3, 0.4) is 0 Å². The molecule has 0 heterocycles. The minimum Gasteiger partial charge on any atom is -0.496 e. The first-order chi connectivity index (χ1) is 19.6. The van der Waals surface area contributed by atoms with Gasteiger partial charge in [-0.05, 0) is 93.2 Å². The Labute approximate surface area is 245 Å². The van der Waals surface area contributed by atoms with Crippen molar-refractivity contribution in [3.05, 3.63) is 47.5 Å². The van der Waals surface area contributed by atoms with Crippen LogP contribution in [-0.4, -0.2) is 51.8 Å². The molecule has 10 nitrogen and oxygen atoms in total. The van der Waals surface area contributed by atoms with Crippen LogP contribution in [0.25, 0.3) is 0 Å². The summed E-state index contributed by atoms with van der Waals surface area (Å²) < 4.78 is 40.3. The molecule has 2 amide bonds. The average Bonchev–Trinajstić information content (AvgIpc) is 2.91. The Balaban J connectivity index is 1.27. The molecular formula is C29H37N3O7S2. The van der Waals surface area contributed by atoms with Crippen molar-refractivity contribution in [2.45, 2.75) is 67.7 Å². The van der Waals surface area contributed by atoms with Crippen molar-refractivity contribution in [1.29, 1.82) is 0 Å². The highest BCUT2D eigenvalue weighted by Gasteiger charge is 2.58. The van der Waals surface area contributed by atoms with Crippen molar-refractivity contribution < 1.29 is 31.7 Å². The number of anilines is 1. The van der Waals surface area contributed by atoms with Gasteiger partial charge in [0, 0.05) is 28.7 Å². The lowest BCUT2D eigenvalue weighted by molar-refractivity contribution is -0.140. The molecule has 41 heavy (non-hydrogen) atoms. The van der Waals surface area contributed by atoms with E-state index < -0.39 is 15.3 Å². The minimum atomic E-state index is -3.56. The zero-order valence-electron chi connectivity index (χ0n) is 23.4. The van der Waals surface area contributed by atoms with Gasteiger partial charge >= 0.3 is 0 Å². The third-order valence-corrected chi connectivity index (χ3v) is 10.7. The molecule has 222 valence electrons. The third kappa shape index (κ3) is 6.35. The highest BCUT2D eigenvalue weighted by Crippen LogP contribution is 2.54. The van der Waals surface area contributed by atoms with E-state index in [9.17, 15) is 18.0 Å². The van der Waals surface area contributed by atoms with Crippen LogP contribution in [0.15, 0.2) is 41.3 Å². The van der Waals surface area contributed by atoms with Crippen LogP contribution in [0.2, 0.25) is 0 Å². The molecule has 0 aliphatic heterocycles. The van der Waals surface area contributed by atoms with Crippen LogP contribution >= 0.6 is 12.0 Å². The molecule has 2 aromatic carbocycles. The molecule has 3 fully saturated rings. The van der Waals surface area contributed by atoms with Gasteiger partial charge in [-0.2, -0.15) is 0 Å². The molecule has 4 N–H and O–H groups in total. The van der Waals surface area contributed by atoms with Crippen LogP contribution in [-0.2, 0) is 19.0 Å². The quantitative estimate of drug-likeness (QED) is 0.345. The van der Waals surface area contributed by atoms with Crippen molar-refractivity contribution in [3.8, 4) is 11.5 Å². The first kappa shape index (κ1) is 29.7. The summed E-state index contributed by atoms with van der Waals surface area (Å²) in [4.78, 5) is 27.8. The number of rotatable bonds is 10. The van der Waals surface area contributed by atoms with Gasteiger partial charge in [-0.1, -0.05) is 6.07 Å². The lowest BCUT2D eigenvalue weighted by Gasteiger charge is -2.58. The third-order valence-electron chi connectivity index (χ3n) is 8.70. The van der Waals surface area contributed by atoms with Gasteiger partial charge < -0.3 is 24.3 Å². The zero-order valence-corrected chi connectivity index (χ0v) is 25.1. The van der Waals surface area contributed by atoms with Crippen LogP contribution < -0.4 is 25.2 Å². The highest BCUT2D eigenvalue weighted by molar-refractivity contribution is 7.94. The lowest BCUT2D eigenvalue weighted by Crippen LogP contribution is -2.67. The minimum absolute atomic E-state index is 0.106. The van der Waals surface area contributed by atoms with Crippen molar-refractivity contribution in [2.24, 2.45) is 22.9 Å².